The Morgan fingerprint density at radius 1 is 0.737 bits per heavy atom. The monoisotopic (exact) mass is 262 g/mol. The summed E-state index contributed by atoms with van der Waals surface area (Å²) in [4.78, 5) is 0. The van der Waals surface area contributed by atoms with Gasteiger partial charge < -0.3 is 0 Å². The molecule has 19 heavy (non-hydrogen) atoms. The lowest BCUT2D eigenvalue weighted by Crippen LogP contribution is -1.92. The van der Waals surface area contributed by atoms with Gasteiger partial charge in [0.15, 0.2) is 0 Å². The van der Waals surface area contributed by atoms with Crippen LogP contribution < -0.4 is 5.32 Å². The molecule has 1 radical (unpaired) electrons. The predicted octanol–water partition coefficient (Wildman–Crippen LogP) is 6.09. The predicted molar refractivity (Wildman–Crippen MR) is 85.1 cm³/mol. The average molecular weight is 262 g/mol. The Balaban J connectivity index is 1.69. The maximum absolute atomic E-state index is 4.31. The number of hydrogen-bond donors (Lipinski definition) is 0. The van der Waals surface area contributed by atoms with Crippen LogP contribution >= 0.6 is 0 Å². The van der Waals surface area contributed by atoms with Crippen molar-refractivity contribution >= 4 is 0 Å². The van der Waals surface area contributed by atoms with Crippen molar-refractivity contribution in [2.24, 2.45) is 0 Å². The van der Waals surface area contributed by atoms with E-state index in [9.17, 15) is 0 Å². The van der Waals surface area contributed by atoms with E-state index < -0.39 is 0 Å². The molecule has 1 heteroatoms. The first-order valence-corrected chi connectivity index (χ1v) is 8.50. The van der Waals surface area contributed by atoms with E-state index in [4.69, 9.17) is 0 Å². The molecule has 1 aliphatic heterocycles. The van der Waals surface area contributed by atoms with Crippen LogP contribution in [0.2, 0.25) is 0 Å². The smallest absolute Gasteiger partial charge is 0.0404 e. The van der Waals surface area contributed by atoms with Gasteiger partial charge in [-0.15, -0.1) is 0 Å². The van der Waals surface area contributed by atoms with Gasteiger partial charge in [0.25, 0.3) is 0 Å². The van der Waals surface area contributed by atoms with Crippen molar-refractivity contribution in [2.75, 3.05) is 0 Å². The van der Waals surface area contributed by atoms with Gasteiger partial charge in [-0.05, 0) is 25.0 Å². The molecular weight excluding hydrogens is 230 g/mol. The number of rotatable bonds is 13. The quantitative estimate of drug-likeness (QED) is 0.356. The molecule has 1 heterocycles. The maximum Gasteiger partial charge on any atom is 0.0404 e. The molecule has 0 amide bonds. The third kappa shape index (κ3) is 9.81. The summed E-state index contributed by atoms with van der Waals surface area (Å²) in [6, 6.07) is 0. The maximum atomic E-state index is 4.31. The molecule has 0 atom stereocenters. The second-order valence-electron chi connectivity index (χ2n) is 5.77. The van der Waals surface area contributed by atoms with Gasteiger partial charge in [0.2, 0.25) is 0 Å². The molecule has 1 rings (SSSR count). The van der Waals surface area contributed by atoms with Crippen molar-refractivity contribution in [1.29, 1.82) is 0 Å². The van der Waals surface area contributed by atoms with E-state index in [1.54, 1.807) is 0 Å². The van der Waals surface area contributed by atoms with Crippen molar-refractivity contribution in [2.45, 2.75) is 90.4 Å². The molecule has 0 bridgehead atoms. The summed E-state index contributed by atoms with van der Waals surface area (Å²) in [5, 5.41) is 4.31. The Labute approximate surface area is 120 Å². The first-order chi connectivity index (χ1) is 9.43. The van der Waals surface area contributed by atoms with E-state index in [1.165, 1.54) is 89.2 Å². The van der Waals surface area contributed by atoms with Gasteiger partial charge in [0.1, 0.15) is 0 Å². The second-order valence-corrected chi connectivity index (χ2v) is 5.77. The Kier molecular flexibility index (Phi) is 10.6. The van der Waals surface area contributed by atoms with Crippen LogP contribution in [0.4, 0.5) is 0 Å². The minimum atomic E-state index is 1.17. The molecule has 0 unspecified atom stereocenters. The summed E-state index contributed by atoms with van der Waals surface area (Å²) >= 11 is 0. The first kappa shape index (κ1) is 16.3. The highest BCUT2D eigenvalue weighted by Crippen LogP contribution is 2.14. The van der Waals surface area contributed by atoms with E-state index in [1.807, 2.05) is 12.3 Å². The van der Waals surface area contributed by atoms with Gasteiger partial charge in [-0.1, -0.05) is 77.6 Å². The van der Waals surface area contributed by atoms with Crippen LogP contribution in [0, 0.1) is 0 Å². The molecule has 0 fully saturated rings. The number of hydrogen-bond acceptors (Lipinski definition) is 0. The normalized spacial score (nSPS) is 13.6. The number of allylic oxidation sites excluding steroid dienone is 3. The van der Waals surface area contributed by atoms with Crippen molar-refractivity contribution in [1.82, 2.24) is 5.32 Å². The van der Waals surface area contributed by atoms with Crippen LogP contribution in [-0.2, 0) is 0 Å². The molecule has 109 valence electrons. The van der Waals surface area contributed by atoms with E-state index >= 15 is 0 Å². The fraction of sp³-hybridized carbons (Fsp3) is 0.778. The second kappa shape index (κ2) is 12.3. The molecule has 1 aliphatic rings. The highest BCUT2D eigenvalue weighted by Gasteiger charge is 1.99. The summed E-state index contributed by atoms with van der Waals surface area (Å²) in [6.45, 7) is 2.29. The molecule has 1 nitrogen and oxygen atoms in total. The van der Waals surface area contributed by atoms with Crippen LogP contribution in [0.5, 0.6) is 0 Å². The van der Waals surface area contributed by atoms with Gasteiger partial charge in [0, 0.05) is 11.9 Å². The fourth-order valence-electron chi connectivity index (χ4n) is 2.63. The van der Waals surface area contributed by atoms with E-state index in [0.717, 1.165) is 0 Å². The van der Waals surface area contributed by atoms with Crippen molar-refractivity contribution in [3.8, 4) is 0 Å². The van der Waals surface area contributed by atoms with Crippen LogP contribution in [0.1, 0.15) is 90.4 Å². The zero-order valence-corrected chi connectivity index (χ0v) is 12.9. The van der Waals surface area contributed by atoms with Gasteiger partial charge in [-0.2, -0.15) is 0 Å². The van der Waals surface area contributed by atoms with Crippen LogP contribution in [0.3, 0.4) is 0 Å². The molecule has 0 aromatic rings. The molecule has 0 saturated carbocycles. The van der Waals surface area contributed by atoms with Crippen molar-refractivity contribution in [3.63, 3.8) is 0 Å². The topological polar surface area (TPSA) is 14.1 Å². The number of unbranched alkanes of at least 4 members (excludes halogenated alkanes) is 11. The third-order valence-electron chi connectivity index (χ3n) is 3.90. The van der Waals surface area contributed by atoms with Crippen LogP contribution in [0.15, 0.2) is 24.0 Å². The van der Waals surface area contributed by atoms with E-state index in [2.05, 4.69) is 18.3 Å². The highest BCUT2D eigenvalue weighted by molar-refractivity contribution is 5.18. The molecule has 0 saturated heterocycles. The van der Waals surface area contributed by atoms with E-state index in [-0.39, 0.29) is 0 Å². The van der Waals surface area contributed by atoms with Gasteiger partial charge >= 0.3 is 0 Å². The standard InChI is InChI=1S/C18H32N/c1-2-3-4-5-6-7-8-9-10-11-12-13-15-18-16-14-17-19-18/h14,16-17H,2-13,15H2,1H3. The van der Waals surface area contributed by atoms with Crippen LogP contribution in [0.25, 0.3) is 0 Å². The zero-order chi connectivity index (χ0) is 13.6. The molecule has 0 spiro atoms. The molecule has 0 aromatic heterocycles. The molecular formula is C18H32N. The zero-order valence-electron chi connectivity index (χ0n) is 12.9. The summed E-state index contributed by atoms with van der Waals surface area (Å²) < 4.78 is 0. The minimum Gasteiger partial charge on any atom is -0.261 e. The third-order valence-corrected chi connectivity index (χ3v) is 3.90. The van der Waals surface area contributed by atoms with Crippen LogP contribution in [-0.4, -0.2) is 0 Å². The summed E-state index contributed by atoms with van der Waals surface area (Å²) in [6.07, 6.45) is 24.3. The van der Waals surface area contributed by atoms with Gasteiger partial charge in [0.05, 0.1) is 0 Å². The Morgan fingerprint density at radius 2 is 1.26 bits per heavy atom. The average Bonchev–Trinajstić information content (AvgIpc) is 2.93. The Hall–Kier alpha value is -0.720. The van der Waals surface area contributed by atoms with E-state index in [0.29, 0.717) is 0 Å². The Morgan fingerprint density at radius 3 is 1.74 bits per heavy atom. The first-order valence-electron chi connectivity index (χ1n) is 8.50. The Bertz CT molecular complexity index is 252. The lowest BCUT2D eigenvalue weighted by atomic mass is 10.0. The summed E-state index contributed by atoms with van der Waals surface area (Å²) in [7, 11) is 0. The minimum absolute atomic E-state index is 1.17. The molecule has 0 N–H and O–H groups in total. The van der Waals surface area contributed by atoms with Crippen molar-refractivity contribution < 1.29 is 0 Å². The fourth-order valence-corrected chi connectivity index (χ4v) is 2.63. The van der Waals surface area contributed by atoms with Gasteiger partial charge in [-0.3, -0.25) is 5.32 Å². The molecule has 0 aromatic carbocycles. The summed E-state index contributed by atoms with van der Waals surface area (Å²) in [5.41, 5.74) is 1.27. The highest BCUT2D eigenvalue weighted by atomic mass is 14.9. The van der Waals surface area contributed by atoms with Gasteiger partial charge in [-0.25, -0.2) is 0 Å². The lowest BCUT2D eigenvalue weighted by Gasteiger charge is -2.03. The van der Waals surface area contributed by atoms with Crippen molar-refractivity contribution in [3.05, 3.63) is 24.0 Å². The molecule has 0 aliphatic carbocycles. The SMILES string of the molecule is CCCCCCCCCCCCCCC1=CC=C[N]1. The summed E-state index contributed by atoms with van der Waals surface area (Å²) in [5.74, 6) is 0. The number of nitrogens with zero attached hydrogens (tertiary/aromatic N) is 1. The largest absolute Gasteiger partial charge is 0.261 e. The lowest BCUT2D eigenvalue weighted by molar-refractivity contribution is 0.543.